The maximum Gasteiger partial charge on any atom is 0.310 e. The third-order valence-corrected chi connectivity index (χ3v) is 4.84. The highest BCUT2D eigenvalue weighted by Crippen LogP contribution is 2.35. The quantitative estimate of drug-likeness (QED) is 0.298. The third-order valence-electron chi connectivity index (χ3n) is 4.84. The summed E-state index contributed by atoms with van der Waals surface area (Å²) in [6.07, 6.45) is 3.12. The predicted molar refractivity (Wildman–Crippen MR) is 118 cm³/mol. The summed E-state index contributed by atoms with van der Waals surface area (Å²) in [5, 5.41) is 4.22. The summed E-state index contributed by atoms with van der Waals surface area (Å²) in [6.45, 7) is 5.65. The SMILES string of the molecule is CCCC(=O)c1cnc2c(OC)cccc2c1Nc1ccc(OC(=O)CC)cc1C. The number of fused-ring (bicyclic) bond motifs is 1. The van der Waals surface area contributed by atoms with Gasteiger partial charge in [0, 0.05) is 30.1 Å². The van der Waals surface area contributed by atoms with Crippen molar-refractivity contribution >= 4 is 34.0 Å². The van der Waals surface area contributed by atoms with Gasteiger partial charge in [-0.3, -0.25) is 14.6 Å². The van der Waals surface area contributed by atoms with Crippen LogP contribution in [0, 0.1) is 6.92 Å². The summed E-state index contributed by atoms with van der Waals surface area (Å²) in [7, 11) is 1.60. The number of aromatic nitrogens is 1. The Labute approximate surface area is 176 Å². The van der Waals surface area contributed by atoms with E-state index in [2.05, 4.69) is 10.3 Å². The van der Waals surface area contributed by atoms with E-state index in [1.807, 2.05) is 38.1 Å². The number of ether oxygens (including phenoxy) is 2. The highest BCUT2D eigenvalue weighted by molar-refractivity contribution is 6.09. The zero-order valence-corrected chi connectivity index (χ0v) is 17.7. The van der Waals surface area contributed by atoms with Crippen LogP contribution in [-0.2, 0) is 4.79 Å². The number of methoxy groups -OCH3 is 1. The van der Waals surface area contributed by atoms with Crippen LogP contribution in [0.25, 0.3) is 10.9 Å². The number of pyridine rings is 1. The van der Waals surface area contributed by atoms with Crippen LogP contribution in [0.5, 0.6) is 11.5 Å². The number of carbonyl (C=O) groups excluding carboxylic acids is 2. The fraction of sp³-hybridized carbons (Fsp3) is 0.292. The largest absolute Gasteiger partial charge is 0.494 e. The molecule has 0 aliphatic heterocycles. The second-order valence-electron chi connectivity index (χ2n) is 7.01. The van der Waals surface area contributed by atoms with Crippen LogP contribution in [0.2, 0.25) is 0 Å². The van der Waals surface area contributed by atoms with Crippen molar-refractivity contribution < 1.29 is 19.1 Å². The van der Waals surface area contributed by atoms with E-state index in [0.717, 1.165) is 23.1 Å². The molecule has 0 aliphatic carbocycles. The zero-order valence-electron chi connectivity index (χ0n) is 17.7. The first-order valence-corrected chi connectivity index (χ1v) is 10.1. The Balaban J connectivity index is 2.08. The number of benzene rings is 2. The smallest absolute Gasteiger partial charge is 0.310 e. The summed E-state index contributed by atoms with van der Waals surface area (Å²) in [4.78, 5) is 28.8. The van der Waals surface area contributed by atoms with E-state index in [1.54, 1.807) is 32.4 Å². The van der Waals surface area contributed by atoms with Gasteiger partial charge in [-0.25, -0.2) is 0 Å². The molecule has 0 fully saturated rings. The minimum absolute atomic E-state index is 0.0309. The van der Waals surface area contributed by atoms with E-state index in [-0.39, 0.29) is 11.8 Å². The van der Waals surface area contributed by atoms with E-state index in [4.69, 9.17) is 9.47 Å². The lowest BCUT2D eigenvalue weighted by molar-refractivity contribution is -0.134. The first-order chi connectivity index (χ1) is 14.5. The van der Waals surface area contributed by atoms with Crippen LogP contribution in [0.15, 0.2) is 42.6 Å². The van der Waals surface area contributed by atoms with Gasteiger partial charge in [0.2, 0.25) is 0 Å². The van der Waals surface area contributed by atoms with Gasteiger partial charge in [-0.15, -0.1) is 0 Å². The Hall–Kier alpha value is -3.41. The monoisotopic (exact) mass is 406 g/mol. The number of esters is 1. The molecule has 30 heavy (non-hydrogen) atoms. The Morgan fingerprint density at radius 2 is 1.93 bits per heavy atom. The van der Waals surface area contributed by atoms with Crippen LogP contribution < -0.4 is 14.8 Å². The second kappa shape index (κ2) is 9.39. The number of hydrogen-bond donors (Lipinski definition) is 1. The van der Waals surface area contributed by atoms with Gasteiger partial charge < -0.3 is 14.8 Å². The molecule has 0 unspecified atom stereocenters. The third kappa shape index (κ3) is 4.43. The van der Waals surface area contributed by atoms with Crippen molar-refractivity contribution in [2.75, 3.05) is 12.4 Å². The van der Waals surface area contributed by atoms with Crippen molar-refractivity contribution in [3.05, 3.63) is 53.7 Å². The van der Waals surface area contributed by atoms with Gasteiger partial charge in [0.25, 0.3) is 0 Å². The molecule has 1 aromatic heterocycles. The van der Waals surface area contributed by atoms with Crippen LogP contribution >= 0.6 is 0 Å². The van der Waals surface area contributed by atoms with Crippen LogP contribution in [0.3, 0.4) is 0 Å². The number of hydrogen-bond acceptors (Lipinski definition) is 6. The molecule has 0 bridgehead atoms. The van der Waals surface area contributed by atoms with E-state index in [1.165, 1.54) is 0 Å². The second-order valence-corrected chi connectivity index (χ2v) is 7.01. The summed E-state index contributed by atoms with van der Waals surface area (Å²) in [6, 6.07) is 11.0. The molecule has 6 heteroatoms. The summed E-state index contributed by atoms with van der Waals surface area (Å²) in [5.41, 5.74) is 3.62. The van der Waals surface area contributed by atoms with Crippen molar-refractivity contribution in [2.45, 2.75) is 40.0 Å². The molecule has 1 heterocycles. The fourth-order valence-corrected chi connectivity index (χ4v) is 3.25. The van der Waals surface area contributed by atoms with E-state index < -0.39 is 0 Å². The van der Waals surface area contributed by atoms with Gasteiger partial charge >= 0.3 is 5.97 Å². The number of aryl methyl sites for hydroxylation is 1. The van der Waals surface area contributed by atoms with Gasteiger partial charge in [0.05, 0.1) is 18.4 Å². The molecule has 0 amide bonds. The Morgan fingerprint density at radius 3 is 2.60 bits per heavy atom. The number of Topliss-reactive ketones (excluding diaryl/α,β-unsaturated/α-hetero) is 1. The molecular weight excluding hydrogens is 380 g/mol. The zero-order chi connectivity index (χ0) is 21.7. The van der Waals surface area contributed by atoms with Crippen LogP contribution in [0.4, 0.5) is 11.4 Å². The number of nitrogens with one attached hydrogen (secondary N) is 1. The van der Waals surface area contributed by atoms with E-state index >= 15 is 0 Å². The number of rotatable bonds is 8. The maximum atomic E-state index is 12.8. The summed E-state index contributed by atoms with van der Waals surface area (Å²) >= 11 is 0. The van der Waals surface area contributed by atoms with Crippen molar-refractivity contribution in [2.24, 2.45) is 0 Å². The molecule has 3 rings (SSSR count). The first kappa shape index (κ1) is 21.3. The number of ketones is 1. The topological polar surface area (TPSA) is 77.5 Å². The number of carbonyl (C=O) groups is 2. The standard InChI is InChI=1S/C24H26N2O4/c1-5-8-20(27)18-14-25-24-17(9-7-10-21(24)29-4)23(18)26-19-12-11-16(13-15(19)3)30-22(28)6-2/h7,9-14H,5-6,8H2,1-4H3,(H,25,26). The molecule has 6 nitrogen and oxygen atoms in total. The van der Waals surface area contributed by atoms with Gasteiger partial charge in [0.1, 0.15) is 17.0 Å². The molecular formula is C24H26N2O4. The highest BCUT2D eigenvalue weighted by atomic mass is 16.5. The molecule has 0 aliphatic rings. The minimum Gasteiger partial charge on any atom is -0.494 e. The molecule has 3 aromatic rings. The summed E-state index contributed by atoms with van der Waals surface area (Å²) in [5.74, 6) is 0.884. The predicted octanol–water partition coefficient (Wildman–Crippen LogP) is 5.59. The molecule has 1 N–H and O–H groups in total. The molecule has 156 valence electrons. The Kier molecular flexibility index (Phi) is 6.67. The van der Waals surface area contributed by atoms with Gasteiger partial charge in [0.15, 0.2) is 5.78 Å². The van der Waals surface area contributed by atoms with Crippen molar-refractivity contribution in [1.29, 1.82) is 0 Å². The van der Waals surface area contributed by atoms with Gasteiger partial charge in [-0.1, -0.05) is 26.0 Å². The van der Waals surface area contributed by atoms with Crippen molar-refractivity contribution in [1.82, 2.24) is 4.98 Å². The first-order valence-electron chi connectivity index (χ1n) is 10.1. The summed E-state index contributed by atoms with van der Waals surface area (Å²) < 4.78 is 10.7. The lowest BCUT2D eigenvalue weighted by Gasteiger charge is -2.17. The highest BCUT2D eigenvalue weighted by Gasteiger charge is 2.18. The molecule has 0 atom stereocenters. The van der Waals surface area contributed by atoms with Crippen molar-refractivity contribution in [3.8, 4) is 11.5 Å². The Bertz CT molecular complexity index is 1090. The normalized spacial score (nSPS) is 10.7. The minimum atomic E-state index is -0.283. The number of anilines is 2. The lowest BCUT2D eigenvalue weighted by atomic mass is 10.0. The van der Waals surface area contributed by atoms with E-state index in [0.29, 0.717) is 41.1 Å². The van der Waals surface area contributed by atoms with E-state index in [9.17, 15) is 9.59 Å². The molecule has 2 aromatic carbocycles. The molecule has 0 saturated heterocycles. The Morgan fingerprint density at radius 1 is 1.13 bits per heavy atom. The van der Waals surface area contributed by atoms with Gasteiger partial charge in [-0.2, -0.15) is 0 Å². The molecule has 0 spiro atoms. The van der Waals surface area contributed by atoms with Gasteiger partial charge in [-0.05, 0) is 43.2 Å². The average molecular weight is 406 g/mol. The average Bonchev–Trinajstić information content (AvgIpc) is 2.75. The fourth-order valence-electron chi connectivity index (χ4n) is 3.25. The molecule has 0 saturated carbocycles. The molecule has 0 radical (unpaired) electrons. The van der Waals surface area contributed by atoms with Crippen LogP contribution in [-0.4, -0.2) is 23.8 Å². The van der Waals surface area contributed by atoms with Crippen LogP contribution in [0.1, 0.15) is 49.0 Å². The lowest BCUT2D eigenvalue weighted by Crippen LogP contribution is -2.08. The number of para-hydroxylation sites is 1. The maximum absolute atomic E-state index is 12.8. The van der Waals surface area contributed by atoms with Crippen molar-refractivity contribution in [3.63, 3.8) is 0 Å². The number of nitrogens with zero attached hydrogens (tertiary/aromatic N) is 1.